The zero-order valence-corrected chi connectivity index (χ0v) is 12.2. The molecule has 4 heteroatoms. The van der Waals surface area contributed by atoms with E-state index in [4.69, 9.17) is 5.73 Å². The summed E-state index contributed by atoms with van der Waals surface area (Å²) >= 11 is 0. The molecule has 0 unspecified atom stereocenters. The number of nitrogens with two attached hydrogens (primary N) is 1. The van der Waals surface area contributed by atoms with Crippen LogP contribution < -0.4 is 11.1 Å². The molecule has 0 aromatic heterocycles. The molecule has 0 heterocycles. The van der Waals surface area contributed by atoms with Crippen molar-refractivity contribution in [3.05, 3.63) is 29.8 Å². The van der Waals surface area contributed by atoms with Crippen molar-refractivity contribution in [1.82, 2.24) is 0 Å². The Balaban J connectivity index is 0.00000225. The lowest BCUT2D eigenvalue weighted by atomic mass is 10.2. The number of aryl methyl sites for hydroxylation is 1. The zero-order valence-electron chi connectivity index (χ0n) is 9.86. The van der Waals surface area contributed by atoms with Crippen LogP contribution >= 0.6 is 24.0 Å². The summed E-state index contributed by atoms with van der Waals surface area (Å²) in [6.45, 7) is 4.99. The van der Waals surface area contributed by atoms with Crippen LogP contribution in [-0.4, -0.2) is 12.5 Å². The average molecular weight is 333 g/mol. The molecule has 1 aromatic carbocycles. The normalized spacial score (nSPS) is 10.8. The molecule has 0 amide bonds. The third-order valence-electron chi connectivity index (χ3n) is 2.12. The van der Waals surface area contributed by atoms with Crippen molar-refractivity contribution in [3.63, 3.8) is 0 Å². The number of unbranched alkanes of at least 4 members (excludes halogenated alkanes) is 1. The molecule has 0 aliphatic rings. The van der Waals surface area contributed by atoms with E-state index in [1.54, 1.807) is 0 Å². The summed E-state index contributed by atoms with van der Waals surface area (Å²) in [5.41, 5.74) is 7.95. The van der Waals surface area contributed by atoms with Gasteiger partial charge >= 0.3 is 0 Å². The summed E-state index contributed by atoms with van der Waals surface area (Å²) < 4.78 is 0. The summed E-state index contributed by atoms with van der Waals surface area (Å²) in [7, 11) is 0. The van der Waals surface area contributed by atoms with Crippen LogP contribution in [0.1, 0.15) is 25.3 Å². The van der Waals surface area contributed by atoms with Gasteiger partial charge in [0.05, 0.1) is 0 Å². The molecule has 0 aliphatic heterocycles. The molecule has 0 atom stereocenters. The van der Waals surface area contributed by atoms with E-state index in [0.717, 1.165) is 25.1 Å². The van der Waals surface area contributed by atoms with Gasteiger partial charge < -0.3 is 11.1 Å². The van der Waals surface area contributed by atoms with E-state index in [-0.39, 0.29) is 24.0 Å². The fourth-order valence-corrected chi connectivity index (χ4v) is 1.18. The van der Waals surface area contributed by atoms with Crippen LogP contribution in [0.3, 0.4) is 0 Å². The van der Waals surface area contributed by atoms with Gasteiger partial charge in [-0.25, -0.2) is 0 Å². The van der Waals surface area contributed by atoms with E-state index >= 15 is 0 Å². The van der Waals surface area contributed by atoms with Crippen LogP contribution in [0.2, 0.25) is 0 Å². The third-order valence-corrected chi connectivity index (χ3v) is 2.12. The Kier molecular flexibility index (Phi) is 7.97. The average Bonchev–Trinajstić information content (AvgIpc) is 2.22. The van der Waals surface area contributed by atoms with Crippen molar-refractivity contribution in [2.45, 2.75) is 26.7 Å². The van der Waals surface area contributed by atoms with Gasteiger partial charge in [-0.15, -0.1) is 24.0 Å². The maximum absolute atomic E-state index is 5.72. The highest BCUT2D eigenvalue weighted by atomic mass is 127. The van der Waals surface area contributed by atoms with Gasteiger partial charge in [-0.1, -0.05) is 31.0 Å². The number of rotatable bonds is 4. The molecule has 0 spiro atoms. The standard InChI is InChI=1S/C12H19N3.HI/c1-3-4-9-14-12(13)15-11-7-5-10(2)6-8-11;/h5-8H,3-4,9H2,1-2H3,(H3,13,14,15);1H. The van der Waals surface area contributed by atoms with Crippen LogP contribution in [0, 0.1) is 6.92 Å². The summed E-state index contributed by atoms with van der Waals surface area (Å²) in [4.78, 5) is 4.21. The fourth-order valence-electron chi connectivity index (χ4n) is 1.18. The molecule has 0 bridgehead atoms. The molecule has 0 saturated carbocycles. The molecular formula is C12H20IN3. The number of hydrogen-bond acceptors (Lipinski definition) is 1. The molecule has 1 rings (SSSR count). The van der Waals surface area contributed by atoms with Crippen LogP contribution in [0.25, 0.3) is 0 Å². The summed E-state index contributed by atoms with van der Waals surface area (Å²) in [5.74, 6) is 0.493. The first-order valence-corrected chi connectivity index (χ1v) is 5.36. The van der Waals surface area contributed by atoms with Gasteiger partial charge in [-0.05, 0) is 25.5 Å². The second-order valence-corrected chi connectivity index (χ2v) is 3.61. The number of benzene rings is 1. The van der Waals surface area contributed by atoms with Crippen molar-refractivity contribution >= 4 is 35.6 Å². The highest BCUT2D eigenvalue weighted by Crippen LogP contribution is 2.07. The number of nitrogens with one attached hydrogen (secondary N) is 1. The van der Waals surface area contributed by atoms with Crippen LogP contribution in [-0.2, 0) is 0 Å². The predicted octanol–water partition coefficient (Wildman–Crippen LogP) is 3.14. The first kappa shape index (κ1) is 15.2. The maximum Gasteiger partial charge on any atom is 0.193 e. The molecule has 0 fully saturated rings. The van der Waals surface area contributed by atoms with Gasteiger partial charge in [0.1, 0.15) is 0 Å². The van der Waals surface area contributed by atoms with Crippen molar-refractivity contribution < 1.29 is 0 Å². The van der Waals surface area contributed by atoms with Gasteiger partial charge in [0.25, 0.3) is 0 Å². The Morgan fingerprint density at radius 1 is 1.31 bits per heavy atom. The second kappa shape index (κ2) is 8.38. The molecule has 0 saturated heterocycles. The Morgan fingerprint density at radius 3 is 2.50 bits per heavy atom. The predicted molar refractivity (Wildman–Crippen MR) is 81.6 cm³/mol. The van der Waals surface area contributed by atoms with Gasteiger partial charge in [-0.3, -0.25) is 4.99 Å². The quantitative estimate of drug-likeness (QED) is 0.385. The largest absolute Gasteiger partial charge is 0.370 e. The Morgan fingerprint density at radius 2 is 1.94 bits per heavy atom. The number of guanidine groups is 1. The van der Waals surface area contributed by atoms with E-state index in [0.29, 0.717) is 5.96 Å². The number of nitrogens with zero attached hydrogens (tertiary/aromatic N) is 1. The Bertz CT molecular complexity index is 320. The summed E-state index contributed by atoms with van der Waals surface area (Å²) in [6.07, 6.45) is 2.22. The van der Waals surface area contributed by atoms with Crippen LogP contribution in [0.15, 0.2) is 29.3 Å². The number of halogens is 1. The molecule has 16 heavy (non-hydrogen) atoms. The zero-order chi connectivity index (χ0) is 11.1. The van der Waals surface area contributed by atoms with Gasteiger partial charge in [0, 0.05) is 12.2 Å². The Hall–Kier alpha value is -0.780. The number of hydrogen-bond donors (Lipinski definition) is 2. The summed E-state index contributed by atoms with van der Waals surface area (Å²) in [6, 6.07) is 8.08. The molecule has 0 aliphatic carbocycles. The van der Waals surface area contributed by atoms with E-state index < -0.39 is 0 Å². The first-order chi connectivity index (χ1) is 7.22. The Labute approximate surface area is 115 Å². The van der Waals surface area contributed by atoms with Crippen molar-refractivity contribution in [2.24, 2.45) is 10.7 Å². The SMILES string of the molecule is CCCCN=C(N)Nc1ccc(C)cc1.I. The van der Waals surface area contributed by atoms with E-state index in [1.807, 2.05) is 24.3 Å². The molecule has 3 N–H and O–H groups in total. The minimum atomic E-state index is 0. The highest BCUT2D eigenvalue weighted by molar-refractivity contribution is 14.0. The lowest BCUT2D eigenvalue weighted by Gasteiger charge is -2.05. The lowest BCUT2D eigenvalue weighted by molar-refractivity contribution is 0.807. The minimum Gasteiger partial charge on any atom is -0.370 e. The molecular weight excluding hydrogens is 313 g/mol. The smallest absolute Gasteiger partial charge is 0.193 e. The van der Waals surface area contributed by atoms with Crippen molar-refractivity contribution in [3.8, 4) is 0 Å². The third kappa shape index (κ3) is 5.95. The molecule has 90 valence electrons. The van der Waals surface area contributed by atoms with Gasteiger partial charge in [-0.2, -0.15) is 0 Å². The summed E-state index contributed by atoms with van der Waals surface area (Å²) in [5, 5.41) is 3.06. The second-order valence-electron chi connectivity index (χ2n) is 3.61. The lowest BCUT2D eigenvalue weighted by Crippen LogP contribution is -2.22. The first-order valence-electron chi connectivity index (χ1n) is 5.36. The van der Waals surface area contributed by atoms with Crippen LogP contribution in [0.5, 0.6) is 0 Å². The number of anilines is 1. The molecule has 3 nitrogen and oxygen atoms in total. The van der Waals surface area contributed by atoms with Crippen molar-refractivity contribution in [2.75, 3.05) is 11.9 Å². The topological polar surface area (TPSA) is 50.4 Å². The fraction of sp³-hybridized carbons (Fsp3) is 0.417. The molecule has 1 aromatic rings. The maximum atomic E-state index is 5.72. The van der Waals surface area contributed by atoms with Gasteiger partial charge in [0.2, 0.25) is 0 Å². The van der Waals surface area contributed by atoms with Crippen LogP contribution in [0.4, 0.5) is 5.69 Å². The van der Waals surface area contributed by atoms with E-state index in [2.05, 4.69) is 24.2 Å². The van der Waals surface area contributed by atoms with Crippen molar-refractivity contribution in [1.29, 1.82) is 0 Å². The minimum absolute atomic E-state index is 0. The number of aliphatic imine (C=N–C) groups is 1. The molecule has 0 radical (unpaired) electrons. The van der Waals surface area contributed by atoms with Gasteiger partial charge in [0.15, 0.2) is 5.96 Å². The monoisotopic (exact) mass is 333 g/mol. The van der Waals surface area contributed by atoms with E-state index in [1.165, 1.54) is 5.56 Å². The highest BCUT2D eigenvalue weighted by Gasteiger charge is 1.93. The van der Waals surface area contributed by atoms with E-state index in [9.17, 15) is 0 Å².